The Morgan fingerprint density at radius 1 is 1.05 bits per heavy atom. The lowest BCUT2D eigenvalue weighted by Crippen LogP contribution is -2.37. The van der Waals surface area contributed by atoms with Gasteiger partial charge in [-0.2, -0.15) is 0 Å². The van der Waals surface area contributed by atoms with Gasteiger partial charge in [-0.25, -0.2) is 9.97 Å². The maximum atomic E-state index is 14.5. The molecule has 8 heteroatoms. The van der Waals surface area contributed by atoms with Gasteiger partial charge in [0.15, 0.2) is 5.13 Å². The zero-order valence-electron chi connectivity index (χ0n) is 20.6. The lowest BCUT2D eigenvalue weighted by Gasteiger charge is -2.31. The highest BCUT2D eigenvalue weighted by Crippen LogP contribution is 2.45. The molecule has 0 atom stereocenters. The predicted octanol–water partition coefficient (Wildman–Crippen LogP) is 6.89. The average molecular weight is 531 g/mol. The third kappa shape index (κ3) is 4.72. The molecule has 6 nitrogen and oxygen atoms in total. The van der Waals surface area contributed by atoms with E-state index in [-0.39, 0.29) is 18.3 Å². The fourth-order valence-electron chi connectivity index (χ4n) is 4.94. The van der Waals surface area contributed by atoms with Crippen molar-refractivity contribution < 1.29 is 9.53 Å². The zero-order chi connectivity index (χ0) is 24.6. The van der Waals surface area contributed by atoms with Crippen molar-refractivity contribution in [3.63, 3.8) is 0 Å². The molecule has 0 spiro atoms. The van der Waals surface area contributed by atoms with Gasteiger partial charge in [0.2, 0.25) is 5.91 Å². The van der Waals surface area contributed by atoms with Crippen LogP contribution < -0.4 is 9.64 Å². The van der Waals surface area contributed by atoms with E-state index in [9.17, 15) is 4.79 Å². The van der Waals surface area contributed by atoms with Crippen LogP contribution in [0.4, 0.5) is 5.13 Å². The summed E-state index contributed by atoms with van der Waals surface area (Å²) in [7, 11) is 0. The number of carbonyl (C=O) groups is 1. The largest absolute Gasteiger partial charge is 0.457 e. The van der Waals surface area contributed by atoms with E-state index in [0.717, 1.165) is 50.9 Å². The number of rotatable bonds is 6. The molecule has 1 aliphatic rings. The Morgan fingerprint density at radius 3 is 2.43 bits per heavy atom. The highest BCUT2D eigenvalue weighted by Gasteiger charge is 2.36. The van der Waals surface area contributed by atoms with Crippen LogP contribution in [0.15, 0.2) is 79.4 Å². The van der Waals surface area contributed by atoms with Gasteiger partial charge >= 0.3 is 0 Å². The summed E-state index contributed by atoms with van der Waals surface area (Å²) in [6, 6.07) is 19.9. The van der Waals surface area contributed by atoms with Crippen molar-refractivity contribution in [3.8, 4) is 11.5 Å². The van der Waals surface area contributed by atoms with Gasteiger partial charge in [-0.1, -0.05) is 53.8 Å². The Kier molecular flexibility index (Phi) is 7.00. The molecule has 0 saturated carbocycles. The first-order valence-electron chi connectivity index (χ1n) is 12.1. The van der Waals surface area contributed by atoms with Crippen LogP contribution in [0.25, 0.3) is 10.2 Å². The van der Waals surface area contributed by atoms with Crippen LogP contribution in [0, 0.1) is 13.8 Å². The van der Waals surface area contributed by atoms with Crippen molar-refractivity contribution in [2.75, 3.05) is 11.4 Å². The lowest BCUT2D eigenvalue weighted by atomic mass is 9.87. The average Bonchev–Trinajstić information content (AvgIpc) is 3.55. The molecule has 1 aliphatic heterocycles. The van der Waals surface area contributed by atoms with E-state index in [1.54, 1.807) is 23.9 Å². The smallest absolute Gasteiger partial charge is 0.241 e. The summed E-state index contributed by atoms with van der Waals surface area (Å²) in [6.07, 6.45) is 6.31. The minimum Gasteiger partial charge on any atom is -0.457 e. The Hall–Kier alpha value is -3.68. The molecule has 0 aliphatic carbocycles. The summed E-state index contributed by atoms with van der Waals surface area (Å²) in [5.74, 6) is 0.999. The number of thiazole rings is 1. The molecule has 0 fully saturated rings. The maximum Gasteiger partial charge on any atom is 0.241 e. The van der Waals surface area contributed by atoms with Gasteiger partial charge in [0.25, 0.3) is 0 Å². The van der Waals surface area contributed by atoms with Gasteiger partial charge in [-0.3, -0.25) is 9.69 Å². The van der Waals surface area contributed by atoms with Crippen LogP contribution in [-0.2, 0) is 11.3 Å². The molecule has 37 heavy (non-hydrogen) atoms. The molecule has 0 bridgehead atoms. The van der Waals surface area contributed by atoms with Crippen molar-refractivity contribution in [3.05, 3.63) is 102 Å². The van der Waals surface area contributed by atoms with Crippen LogP contribution in [0.5, 0.6) is 11.5 Å². The first-order valence-corrected chi connectivity index (χ1v) is 12.9. The number of fused-ring (bicyclic) bond motifs is 3. The molecule has 188 valence electrons. The number of benzene rings is 3. The number of anilines is 1. The van der Waals surface area contributed by atoms with Crippen LogP contribution in [0.3, 0.4) is 0 Å². The van der Waals surface area contributed by atoms with E-state index in [4.69, 9.17) is 9.72 Å². The first-order chi connectivity index (χ1) is 17.6. The first kappa shape index (κ1) is 25.0. The van der Waals surface area contributed by atoms with E-state index in [0.29, 0.717) is 6.54 Å². The molecule has 0 unspecified atom stereocenters. The predicted molar refractivity (Wildman–Crippen MR) is 150 cm³/mol. The summed E-state index contributed by atoms with van der Waals surface area (Å²) in [5.41, 5.74) is 5.05. The molecular weight excluding hydrogens is 504 g/mol. The second kappa shape index (κ2) is 10.4. The number of hydrogen-bond donors (Lipinski definition) is 0. The number of nitrogens with zero attached hydrogens (tertiary/aromatic N) is 4. The van der Waals surface area contributed by atoms with Crippen molar-refractivity contribution in [1.82, 2.24) is 14.5 Å². The van der Waals surface area contributed by atoms with Gasteiger partial charge < -0.3 is 9.30 Å². The summed E-state index contributed by atoms with van der Waals surface area (Å²) in [5, 5.41) is 0.732. The second-order valence-electron chi connectivity index (χ2n) is 9.18. The molecule has 3 aromatic carbocycles. The van der Waals surface area contributed by atoms with Crippen molar-refractivity contribution in [2.24, 2.45) is 0 Å². The molecule has 0 N–H and O–H groups in total. The number of halogens is 1. The van der Waals surface area contributed by atoms with Crippen LogP contribution in [-0.4, -0.2) is 27.0 Å². The number of amides is 1. The highest BCUT2D eigenvalue weighted by molar-refractivity contribution is 7.22. The monoisotopic (exact) mass is 530 g/mol. The van der Waals surface area contributed by atoms with Crippen molar-refractivity contribution in [1.29, 1.82) is 0 Å². The Balaban J connectivity index is 0.00000280. The summed E-state index contributed by atoms with van der Waals surface area (Å²) >= 11 is 1.59. The topological polar surface area (TPSA) is 60.2 Å². The number of imidazole rings is 1. The van der Waals surface area contributed by atoms with Gasteiger partial charge in [-0.05, 0) is 49.6 Å². The fraction of sp³-hybridized carbons (Fsp3) is 0.207. The molecule has 3 heterocycles. The van der Waals surface area contributed by atoms with Gasteiger partial charge in [0.05, 0.1) is 22.5 Å². The number of aromatic nitrogens is 3. The molecule has 5 aromatic rings. The number of hydrogen-bond acceptors (Lipinski definition) is 5. The van der Waals surface area contributed by atoms with Gasteiger partial charge in [0, 0.05) is 36.6 Å². The quantitative estimate of drug-likeness (QED) is 0.240. The third-order valence-electron chi connectivity index (χ3n) is 6.59. The van der Waals surface area contributed by atoms with Crippen molar-refractivity contribution in [2.45, 2.75) is 32.7 Å². The van der Waals surface area contributed by atoms with E-state index in [1.807, 2.05) is 64.2 Å². The minimum atomic E-state index is -0.464. The standard InChI is InChI=1S/C29H26N4O2S.ClH/c1-19-16-20(2)27-23(17-19)31-29(36-27)33(14-7-13-32-15-12-30-18-32)28(34)26-21-8-3-5-10-24(21)35-25-11-6-4-9-22(25)26;/h3-6,8-12,15-18,26H,7,13-14H2,1-2H3;1H. The molecule has 0 saturated heterocycles. The van der Waals surface area contributed by atoms with E-state index >= 15 is 0 Å². The third-order valence-corrected chi connectivity index (χ3v) is 7.82. The van der Waals surface area contributed by atoms with Gasteiger partial charge in [0.1, 0.15) is 11.5 Å². The molecule has 2 aromatic heterocycles. The fourth-order valence-corrected chi connectivity index (χ4v) is 5.99. The summed E-state index contributed by atoms with van der Waals surface area (Å²) in [4.78, 5) is 25.4. The van der Waals surface area contributed by atoms with E-state index in [1.165, 1.54) is 11.1 Å². The Bertz CT molecular complexity index is 1520. The second-order valence-corrected chi connectivity index (χ2v) is 10.2. The van der Waals surface area contributed by atoms with Crippen molar-refractivity contribution >= 4 is 45.0 Å². The normalized spacial score (nSPS) is 12.4. The molecular formula is C29H27ClN4O2S. The van der Waals surface area contributed by atoms with E-state index < -0.39 is 5.92 Å². The molecule has 1 amide bonds. The summed E-state index contributed by atoms with van der Waals surface area (Å²) in [6.45, 7) is 5.51. The lowest BCUT2D eigenvalue weighted by molar-refractivity contribution is -0.119. The molecule has 6 rings (SSSR count). The number of carbonyl (C=O) groups excluding carboxylic acids is 1. The SMILES string of the molecule is Cc1cc(C)c2sc(N(CCCn3ccnc3)C(=O)C3c4ccccc4Oc4ccccc43)nc2c1.Cl. The summed E-state index contributed by atoms with van der Waals surface area (Å²) < 4.78 is 9.31. The number of ether oxygens (including phenoxy) is 1. The van der Waals surface area contributed by atoms with Crippen LogP contribution in [0.2, 0.25) is 0 Å². The van der Waals surface area contributed by atoms with Gasteiger partial charge in [-0.15, -0.1) is 12.4 Å². The Morgan fingerprint density at radius 2 is 1.76 bits per heavy atom. The van der Waals surface area contributed by atoms with E-state index in [2.05, 4.69) is 31.0 Å². The minimum absolute atomic E-state index is 0. The number of aryl methyl sites for hydroxylation is 3. The number of para-hydroxylation sites is 2. The zero-order valence-corrected chi connectivity index (χ0v) is 22.3. The maximum absolute atomic E-state index is 14.5. The Labute approximate surface area is 226 Å². The highest BCUT2D eigenvalue weighted by atomic mass is 35.5. The van der Waals surface area contributed by atoms with Crippen LogP contribution >= 0.6 is 23.7 Å². The van der Waals surface area contributed by atoms with Crippen LogP contribution in [0.1, 0.15) is 34.6 Å². The molecule has 0 radical (unpaired) electrons.